The number of benzene rings is 9. The van der Waals surface area contributed by atoms with Crippen molar-refractivity contribution >= 4 is 54.4 Å². The lowest BCUT2D eigenvalue weighted by Gasteiger charge is -2.10. The van der Waals surface area contributed by atoms with Crippen molar-refractivity contribution in [2.45, 2.75) is 0 Å². The summed E-state index contributed by atoms with van der Waals surface area (Å²) in [5.41, 5.74) is 15.0. The molecule has 12 aromatic rings. The molecule has 0 aliphatic carbocycles. The quantitative estimate of drug-likeness (QED) is 0.169. The van der Waals surface area contributed by atoms with Crippen molar-refractivity contribution in [2.24, 2.45) is 0 Å². The fourth-order valence-electron chi connectivity index (χ4n) is 9.16. The Labute approximate surface area is 357 Å². The molecular weight excluding hydrogens is 755 g/mol. The largest absolute Gasteiger partial charge is 0.309 e. The molecule has 0 saturated carbocycles. The summed E-state index contributed by atoms with van der Waals surface area (Å²) in [5, 5.41) is 16.5. The van der Waals surface area contributed by atoms with E-state index in [-0.39, 0.29) is 0 Å². The summed E-state index contributed by atoms with van der Waals surface area (Å²) >= 11 is 0. The van der Waals surface area contributed by atoms with E-state index in [2.05, 4.69) is 191 Å². The predicted octanol–water partition coefficient (Wildman–Crippen LogP) is 14.4. The first-order valence-corrected chi connectivity index (χ1v) is 20.8. The summed E-state index contributed by atoms with van der Waals surface area (Å²) in [7, 11) is 0. The zero-order chi connectivity index (χ0) is 41.1. The lowest BCUT2D eigenvalue weighted by atomic mass is 9.98. The average molecular weight is 790 g/mol. The standard InChI is InChI=1S/C57H35N5/c58-36-37-13-27-47(28-14-37)61-53-11-5-3-9-48(53)50-34-45(25-29-55(50)61)40-15-17-41(18-16-40)46-26-30-56-51(35-46)49-10-4-6-12-54(49)62(56)57-59-32-31-52(60-57)42-22-19-39(20-23-42)44-24-21-38-7-1-2-8-43(38)33-44/h1-35H. The van der Waals surface area contributed by atoms with E-state index in [0.717, 1.165) is 72.0 Å². The Hall–Kier alpha value is -8.59. The molecule has 3 aromatic heterocycles. The lowest BCUT2D eigenvalue weighted by Crippen LogP contribution is -2.01. The van der Waals surface area contributed by atoms with Crippen molar-refractivity contribution < 1.29 is 0 Å². The van der Waals surface area contributed by atoms with Gasteiger partial charge in [-0.2, -0.15) is 5.26 Å². The van der Waals surface area contributed by atoms with Crippen LogP contribution in [0.1, 0.15) is 5.56 Å². The second kappa shape index (κ2) is 14.3. The summed E-state index contributed by atoms with van der Waals surface area (Å²) in [6.45, 7) is 0. The van der Waals surface area contributed by atoms with E-state index in [4.69, 9.17) is 9.97 Å². The van der Waals surface area contributed by atoms with Gasteiger partial charge in [0.25, 0.3) is 0 Å². The van der Waals surface area contributed by atoms with Crippen LogP contribution >= 0.6 is 0 Å². The first kappa shape index (κ1) is 35.4. The molecule has 0 fully saturated rings. The second-order valence-electron chi connectivity index (χ2n) is 15.8. The number of nitriles is 1. The Morgan fingerprint density at radius 1 is 0.371 bits per heavy atom. The Morgan fingerprint density at radius 2 is 0.855 bits per heavy atom. The summed E-state index contributed by atoms with van der Waals surface area (Å²) in [4.78, 5) is 9.97. The maximum absolute atomic E-state index is 9.37. The molecule has 0 saturated heterocycles. The van der Waals surface area contributed by atoms with Crippen LogP contribution in [0.15, 0.2) is 212 Å². The van der Waals surface area contributed by atoms with E-state index >= 15 is 0 Å². The third kappa shape index (κ3) is 5.85. The summed E-state index contributed by atoms with van der Waals surface area (Å²) in [6.07, 6.45) is 1.86. The zero-order valence-electron chi connectivity index (χ0n) is 33.4. The van der Waals surface area contributed by atoms with Crippen LogP contribution in [-0.4, -0.2) is 19.1 Å². The smallest absolute Gasteiger partial charge is 0.235 e. The summed E-state index contributed by atoms with van der Waals surface area (Å²) in [6, 6.07) is 75.1. The van der Waals surface area contributed by atoms with Crippen LogP contribution in [0.25, 0.3) is 111 Å². The third-order valence-corrected chi connectivity index (χ3v) is 12.3. The molecular formula is C57H35N5. The van der Waals surface area contributed by atoms with Crippen LogP contribution in [-0.2, 0) is 0 Å². The van der Waals surface area contributed by atoms with Crippen LogP contribution < -0.4 is 0 Å². The highest BCUT2D eigenvalue weighted by Gasteiger charge is 2.17. The number of rotatable bonds is 6. The minimum atomic E-state index is 0.640. The minimum absolute atomic E-state index is 0.640. The summed E-state index contributed by atoms with van der Waals surface area (Å²) in [5.74, 6) is 0.640. The van der Waals surface area contributed by atoms with Gasteiger partial charge in [-0.3, -0.25) is 4.57 Å². The fourth-order valence-corrected chi connectivity index (χ4v) is 9.16. The molecule has 0 N–H and O–H groups in total. The Bertz CT molecular complexity index is 3740. The normalized spacial score (nSPS) is 11.5. The van der Waals surface area contributed by atoms with E-state index in [1.165, 1.54) is 32.7 Å². The van der Waals surface area contributed by atoms with Crippen LogP contribution in [0.3, 0.4) is 0 Å². The van der Waals surface area contributed by atoms with Gasteiger partial charge in [0.2, 0.25) is 5.95 Å². The number of para-hydroxylation sites is 2. The van der Waals surface area contributed by atoms with Crippen molar-refractivity contribution in [3.05, 3.63) is 218 Å². The molecule has 5 heteroatoms. The van der Waals surface area contributed by atoms with Gasteiger partial charge in [-0.25, -0.2) is 9.97 Å². The van der Waals surface area contributed by atoms with Crippen LogP contribution in [0.5, 0.6) is 0 Å². The van der Waals surface area contributed by atoms with E-state index < -0.39 is 0 Å². The van der Waals surface area contributed by atoms with Crippen molar-refractivity contribution in [1.82, 2.24) is 19.1 Å². The predicted molar refractivity (Wildman–Crippen MR) is 255 cm³/mol. The van der Waals surface area contributed by atoms with E-state index in [1.54, 1.807) is 0 Å². The van der Waals surface area contributed by atoms with Gasteiger partial charge < -0.3 is 4.57 Å². The van der Waals surface area contributed by atoms with Gasteiger partial charge in [0, 0.05) is 39.0 Å². The van der Waals surface area contributed by atoms with Gasteiger partial charge in [-0.15, -0.1) is 0 Å². The SMILES string of the molecule is N#Cc1ccc(-n2c3ccccc3c3cc(-c4ccc(-c5ccc6c(c5)c5ccccc5n6-c5nccc(-c6ccc(-c7ccc8ccccc8c7)cc6)n5)cc4)ccc32)cc1. The monoisotopic (exact) mass is 789 g/mol. The first-order chi connectivity index (χ1) is 30.7. The second-order valence-corrected chi connectivity index (χ2v) is 15.8. The molecule has 12 rings (SSSR count). The number of nitrogens with zero attached hydrogens (tertiary/aromatic N) is 5. The fraction of sp³-hybridized carbons (Fsp3) is 0. The van der Waals surface area contributed by atoms with Crippen molar-refractivity contribution in [3.63, 3.8) is 0 Å². The molecule has 288 valence electrons. The van der Waals surface area contributed by atoms with E-state index in [9.17, 15) is 5.26 Å². The van der Waals surface area contributed by atoms with Crippen LogP contribution in [0.4, 0.5) is 0 Å². The highest BCUT2D eigenvalue weighted by molar-refractivity contribution is 6.11. The number of aromatic nitrogens is 4. The van der Waals surface area contributed by atoms with E-state index in [0.29, 0.717) is 11.5 Å². The lowest BCUT2D eigenvalue weighted by molar-refractivity contribution is 0.992. The van der Waals surface area contributed by atoms with Gasteiger partial charge in [-0.1, -0.05) is 133 Å². The molecule has 0 amide bonds. The number of fused-ring (bicyclic) bond motifs is 7. The third-order valence-electron chi connectivity index (χ3n) is 12.3. The highest BCUT2D eigenvalue weighted by Crippen LogP contribution is 2.38. The molecule has 0 atom stereocenters. The Balaban J connectivity index is 0.867. The molecule has 0 bridgehead atoms. The van der Waals surface area contributed by atoms with Gasteiger partial charge in [0.15, 0.2) is 0 Å². The molecule has 0 spiro atoms. The average Bonchev–Trinajstić information content (AvgIpc) is 3.86. The van der Waals surface area contributed by atoms with Crippen molar-refractivity contribution in [2.75, 3.05) is 0 Å². The molecule has 9 aromatic carbocycles. The van der Waals surface area contributed by atoms with Gasteiger partial charge in [0.1, 0.15) is 0 Å². The first-order valence-electron chi connectivity index (χ1n) is 20.8. The zero-order valence-corrected chi connectivity index (χ0v) is 33.4. The Morgan fingerprint density at radius 3 is 1.48 bits per heavy atom. The van der Waals surface area contributed by atoms with Gasteiger partial charge in [0.05, 0.1) is 39.4 Å². The molecule has 62 heavy (non-hydrogen) atoms. The maximum atomic E-state index is 9.37. The molecule has 0 radical (unpaired) electrons. The molecule has 0 unspecified atom stereocenters. The Kier molecular flexibility index (Phi) is 8.16. The molecule has 3 heterocycles. The van der Waals surface area contributed by atoms with Gasteiger partial charge in [-0.05, 0) is 117 Å². The van der Waals surface area contributed by atoms with Crippen LogP contribution in [0, 0.1) is 11.3 Å². The maximum Gasteiger partial charge on any atom is 0.235 e. The summed E-state index contributed by atoms with van der Waals surface area (Å²) < 4.78 is 4.46. The van der Waals surface area contributed by atoms with Crippen LogP contribution in [0.2, 0.25) is 0 Å². The minimum Gasteiger partial charge on any atom is -0.309 e. The van der Waals surface area contributed by atoms with Crippen molar-refractivity contribution in [3.8, 4) is 62.3 Å². The number of hydrogen-bond acceptors (Lipinski definition) is 3. The van der Waals surface area contributed by atoms with E-state index in [1.807, 2.05) is 36.5 Å². The molecule has 0 aliphatic heterocycles. The molecule has 5 nitrogen and oxygen atoms in total. The van der Waals surface area contributed by atoms with Crippen molar-refractivity contribution in [1.29, 1.82) is 5.26 Å². The highest BCUT2D eigenvalue weighted by atomic mass is 15.2. The topological polar surface area (TPSA) is 59.4 Å². The van der Waals surface area contributed by atoms with Gasteiger partial charge >= 0.3 is 0 Å². The molecule has 0 aliphatic rings. The number of hydrogen-bond donors (Lipinski definition) is 0.